The Labute approximate surface area is 111 Å². The SMILES string of the molecule is Cc1nn(C)c(C)c1CN(C)C1CCC(C)(C)C1. The van der Waals surface area contributed by atoms with Crippen molar-refractivity contribution in [2.24, 2.45) is 12.5 Å². The maximum Gasteiger partial charge on any atom is 0.0641 e. The predicted molar refractivity (Wildman–Crippen MR) is 75.6 cm³/mol. The molecule has 0 radical (unpaired) electrons. The van der Waals surface area contributed by atoms with E-state index >= 15 is 0 Å². The summed E-state index contributed by atoms with van der Waals surface area (Å²) >= 11 is 0. The first-order chi connectivity index (χ1) is 8.30. The molecule has 1 aromatic heterocycles. The van der Waals surface area contributed by atoms with E-state index in [9.17, 15) is 0 Å². The number of aryl methyl sites for hydroxylation is 2. The summed E-state index contributed by atoms with van der Waals surface area (Å²) in [6.07, 6.45) is 4.01. The Balaban J connectivity index is 2.06. The van der Waals surface area contributed by atoms with Gasteiger partial charge in [-0.2, -0.15) is 5.10 Å². The van der Waals surface area contributed by atoms with E-state index in [1.54, 1.807) is 0 Å². The second kappa shape index (κ2) is 4.69. The van der Waals surface area contributed by atoms with Gasteiger partial charge in [0.2, 0.25) is 0 Å². The summed E-state index contributed by atoms with van der Waals surface area (Å²) in [5, 5.41) is 4.51. The van der Waals surface area contributed by atoms with Crippen LogP contribution >= 0.6 is 0 Å². The maximum absolute atomic E-state index is 4.51. The Morgan fingerprint density at radius 3 is 2.50 bits per heavy atom. The van der Waals surface area contributed by atoms with Gasteiger partial charge in [-0.05, 0) is 45.6 Å². The molecule has 1 aliphatic carbocycles. The molecule has 1 heterocycles. The summed E-state index contributed by atoms with van der Waals surface area (Å²) in [6.45, 7) is 10.1. The standard InChI is InChI=1S/C15H27N3/c1-11-14(12(2)18(6)16-11)10-17(5)13-7-8-15(3,4)9-13/h13H,7-10H2,1-6H3. The van der Waals surface area contributed by atoms with Crippen molar-refractivity contribution in [1.82, 2.24) is 14.7 Å². The first-order valence-corrected chi connectivity index (χ1v) is 6.99. The highest BCUT2D eigenvalue weighted by molar-refractivity contribution is 5.24. The highest BCUT2D eigenvalue weighted by Gasteiger charge is 2.33. The van der Waals surface area contributed by atoms with Crippen LogP contribution in [0.1, 0.15) is 50.1 Å². The van der Waals surface area contributed by atoms with Crippen LogP contribution in [0, 0.1) is 19.3 Å². The quantitative estimate of drug-likeness (QED) is 0.821. The van der Waals surface area contributed by atoms with Crippen LogP contribution < -0.4 is 0 Å². The van der Waals surface area contributed by atoms with Gasteiger partial charge in [0.05, 0.1) is 5.69 Å². The van der Waals surface area contributed by atoms with Crippen molar-refractivity contribution in [3.05, 3.63) is 17.0 Å². The van der Waals surface area contributed by atoms with Crippen LogP contribution in [-0.4, -0.2) is 27.8 Å². The summed E-state index contributed by atoms with van der Waals surface area (Å²) in [5.74, 6) is 0. The molecule has 0 aromatic carbocycles. The second-order valence-corrected chi connectivity index (χ2v) is 6.75. The van der Waals surface area contributed by atoms with Gasteiger partial charge in [-0.25, -0.2) is 0 Å². The van der Waals surface area contributed by atoms with Crippen molar-refractivity contribution in [3.63, 3.8) is 0 Å². The average Bonchev–Trinajstić information content (AvgIpc) is 2.74. The molecule has 3 nitrogen and oxygen atoms in total. The summed E-state index contributed by atoms with van der Waals surface area (Å²) in [5.41, 5.74) is 4.42. The first-order valence-electron chi connectivity index (χ1n) is 6.99. The summed E-state index contributed by atoms with van der Waals surface area (Å²) < 4.78 is 2.00. The fourth-order valence-corrected chi connectivity index (χ4v) is 3.20. The van der Waals surface area contributed by atoms with E-state index in [1.165, 1.54) is 36.2 Å². The number of aromatic nitrogens is 2. The van der Waals surface area contributed by atoms with Crippen molar-refractivity contribution in [1.29, 1.82) is 0 Å². The van der Waals surface area contributed by atoms with Crippen LogP contribution in [0.3, 0.4) is 0 Å². The molecule has 3 heteroatoms. The summed E-state index contributed by atoms with van der Waals surface area (Å²) in [4.78, 5) is 2.52. The van der Waals surface area contributed by atoms with Crippen molar-refractivity contribution < 1.29 is 0 Å². The van der Waals surface area contributed by atoms with Gasteiger partial charge in [-0.15, -0.1) is 0 Å². The molecule has 0 spiro atoms. The highest BCUT2D eigenvalue weighted by atomic mass is 15.3. The van der Waals surface area contributed by atoms with E-state index in [0.29, 0.717) is 5.41 Å². The van der Waals surface area contributed by atoms with E-state index in [2.05, 4.69) is 44.7 Å². The molecule has 0 amide bonds. The van der Waals surface area contributed by atoms with Crippen LogP contribution in [0.4, 0.5) is 0 Å². The Morgan fingerprint density at radius 2 is 2.06 bits per heavy atom. The van der Waals surface area contributed by atoms with E-state index in [-0.39, 0.29) is 0 Å². The number of rotatable bonds is 3. The van der Waals surface area contributed by atoms with Crippen LogP contribution in [-0.2, 0) is 13.6 Å². The lowest BCUT2D eigenvalue weighted by molar-refractivity contribution is 0.219. The molecule has 0 aliphatic heterocycles. The monoisotopic (exact) mass is 249 g/mol. The fraction of sp³-hybridized carbons (Fsp3) is 0.800. The minimum atomic E-state index is 0.526. The molecular formula is C15H27N3. The Hall–Kier alpha value is -0.830. The molecule has 1 fully saturated rings. The minimum Gasteiger partial charge on any atom is -0.299 e. The molecule has 1 aliphatic rings. The van der Waals surface area contributed by atoms with Gasteiger partial charge in [0.25, 0.3) is 0 Å². The van der Waals surface area contributed by atoms with Crippen molar-refractivity contribution in [3.8, 4) is 0 Å². The lowest BCUT2D eigenvalue weighted by atomic mass is 9.91. The van der Waals surface area contributed by atoms with Gasteiger partial charge in [-0.3, -0.25) is 9.58 Å². The highest BCUT2D eigenvalue weighted by Crippen LogP contribution is 2.39. The molecule has 0 saturated heterocycles. The van der Waals surface area contributed by atoms with E-state index in [0.717, 1.165) is 12.6 Å². The van der Waals surface area contributed by atoms with Crippen LogP contribution in [0.25, 0.3) is 0 Å². The first kappa shape index (κ1) is 13.6. The summed E-state index contributed by atoms with van der Waals surface area (Å²) in [7, 11) is 4.29. The molecule has 18 heavy (non-hydrogen) atoms. The van der Waals surface area contributed by atoms with Crippen LogP contribution in [0.5, 0.6) is 0 Å². The van der Waals surface area contributed by atoms with Gasteiger partial charge in [0, 0.05) is 30.9 Å². The topological polar surface area (TPSA) is 21.1 Å². The van der Waals surface area contributed by atoms with Gasteiger partial charge in [-0.1, -0.05) is 13.8 Å². The Kier molecular flexibility index (Phi) is 3.54. The van der Waals surface area contributed by atoms with Gasteiger partial charge < -0.3 is 0 Å². The average molecular weight is 249 g/mol. The minimum absolute atomic E-state index is 0.526. The third-order valence-corrected chi connectivity index (χ3v) is 4.63. The maximum atomic E-state index is 4.51. The van der Waals surface area contributed by atoms with Gasteiger partial charge in [0.1, 0.15) is 0 Å². The van der Waals surface area contributed by atoms with Crippen LogP contribution in [0.15, 0.2) is 0 Å². The molecule has 1 aromatic rings. The zero-order valence-corrected chi connectivity index (χ0v) is 12.7. The smallest absolute Gasteiger partial charge is 0.0641 e. The third-order valence-electron chi connectivity index (χ3n) is 4.63. The molecule has 1 saturated carbocycles. The largest absolute Gasteiger partial charge is 0.299 e. The lowest BCUT2D eigenvalue weighted by Gasteiger charge is -2.26. The molecule has 0 bridgehead atoms. The number of hydrogen-bond donors (Lipinski definition) is 0. The number of hydrogen-bond acceptors (Lipinski definition) is 2. The molecule has 0 N–H and O–H groups in total. The van der Waals surface area contributed by atoms with E-state index in [1.807, 2.05) is 11.7 Å². The molecule has 2 rings (SSSR count). The lowest BCUT2D eigenvalue weighted by Crippen LogP contribution is -2.30. The summed E-state index contributed by atoms with van der Waals surface area (Å²) in [6, 6.07) is 0.735. The van der Waals surface area contributed by atoms with Crippen molar-refractivity contribution >= 4 is 0 Å². The predicted octanol–water partition coefficient (Wildman–Crippen LogP) is 3.05. The van der Waals surface area contributed by atoms with Crippen LogP contribution in [0.2, 0.25) is 0 Å². The fourth-order valence-electron chi connectivity index (χ4n) is 3.20. The number of nitrogens with zero attached hydrogens (tertiary/aromatic N) is 3. The molecule has 1 unspecified atom stereocenters. The van der Waals surface area contributed by atoms with E-state index < -0.39 is 0 Å². The second-order valence-electron chi connectivity index (χ2n) is 6.75. The van der Waals surface area contributed by atoms with E-state index in [4.69, 9.17) is 0 Å². The van der Waals surface area contributed by atoms with Gasteiger partial charge >= 0.3 is 0 Å². The Bertz CT molecular complexity index is 431. The molecule has 102 valence electrons. The zero-order valence-electron chi connectivity index (χ0n) is 12.7. The van der Waals surface area contributed by atoms with Crippen molar-refractivity contribution in [2.45, 2.75) is 59.5 Å². The zero-order chi connectivity index (χ0) is 13.5. The Morgan fingerprint density at radius 1 is 1.39 bits per heavy atom. The normalized spacial score (nSPS) is 22.9. The van der Waals surface area contributed by atoms with Gasteiger partial charge in [0.15, 0.2) is 0 Å². The molecule has 1 atom stereocenters. The molecular weight excluding hydrogens is 222 g/mol. The van der Waals surface area contributed by atoms with Crippen molar-refractivity contribution in [2.75, 3.05) is 7.05 Å². The third kappa shape index (κ3) is 2.61.